The van der Waals surface area contributed by atoms with Gasteiger partial charge in [-0.05, 0) is 17.8 Å². The summed E-state index contributed by atoms with van der Waals surface area (Å²) in [5, 5.41) is 10.3. The van der Waals surface area contributed by atoms with Crippen LogP contribution in [0, 0.1) is 0 Å². The number of rotatable bonds is 5. The second-order valence-electron chi connectivity index (χ2n) is 3.64. The third-order valence-electron chi connectivity index (χ3n) is 2.33. The summed E-state index contributed by atoms with van der Waals surface area (Å²) in [6.07, 6.45) is 2.06. The second kappa shape index (κ2) is 5.28. The average Bonchev–Trinajstić information content (AvgIpc) is 2.89. The topological polar surface area (TPSA) is 70.6 Å². The lowest BCUT2D eigenvalue weighted by molar-refractivity contribution is 0.217. The summed E-state index contributed by atoms with van der Waals surface area (Å²) < 4.78 is 5.42. The molecule has 1 aliphatic heterocycles. The van der Waals surface area contributed by atoms with Crippen LogP contribution in [-0.4, -0.2) is 41.6 Å². The number of ether oxygens (including phenoxy) is 1. The monoisotopic (exact) mass is 257 g/mol. The Kier molecular flexibility index (Phi) is 3.75. The number of amides is 2. The predicted molar refractivity (Wildman–Crippen MR) is 64.0 cm³/mol. The highest BCUT2D eigenvalue weighted by atomic mass is 32.1. The van der Waals surface area contributed by atoms with E-state index >= 15 is 0 Å². The van der Waals surface area contributed by atoms with E-state index in [1.807, 2.05) is 0 Å². The van der Waals surface area contributed by atoms with Gasteiger partial charge in [-0.1, -0.05) is 18.4 Å². The summed E-state index contributed by atoms with van der Waals surface area (Å²) in [7, 11) is 1.67. The Morgan fingerprint density at radius 2 is 2.35 bits per heavy atom. The summed E-state index contributed by atoms with van der Waals surface area (Å²) in [5.41, 5.74) is 2.89. The number of carbonyl (C=O) groups excluding carboxylic acids is 1. The maximum atomic E-state index is 11.7. The molecule has 0 aliphatic carbocycles. The first-order valence-corrected chi connectivity index (χ1v) is 6.29. The van der Waals surface area contributed by atoms with Gasteiger partial charge in [-0.15, -0.1) is 5.10 Å². The second-order valence-corrected chi connectivity index (χ2v) is 4.56. The molecule has 1 aliphatic rings. The molecule has 1 aromatic rings. The van der Waals surface area contributed by atoms with Gasteiger partial charge in [0.05, 0.1) is 13.3 Å². The van der Waals surface area contributed by atoms with Gasteiger partial charge in [0.1, 0.15) is 0 Å². The van der Waals surface area contributed by atoms with E-state index in [9.17, 15) is 4.79 Å². The van der Waals surface area contributed by atoms with Crippen LogP contribution in [0.3, 0.4) is 0 Å². The third-order valence-corrected chi connectivity index (χ3v) is 3.19. The molecule has 0 unspecified atom stereocenters. The van der Waals surface area contributed by atoms with Crippen molar-refractivity contribution < 1.29 is 9.53 Å². The van der Waals surface area contributed by atoms with Gasteiger partial charge in [-0.2, -0.15) is 0 Å². The van der Waals surface area contributed by atoms with Crippen molar-refractivity contribution in [2.45, 2.75) is 19.8 Å². The van der Waals surface area contributed by atoms with Gasteiger partial charge in [0.25, 0.3) is 5.19 Å². The molecule has 0 aromatic carbocycles. The fraction of sp³-hybridized carbons (Fsp3) is 0.667. The van der Waals surface area contributed by atoms with Crippen molar-refractivity contribution in [3.63, 3.8) is 0 Å². The molecule has 0 saturated carbocycles. The van der Waals surface area contributed by atoms with E-state index in [4.69, 9.17) is 4.74 Å². The Hall–Kier alpha value is -1.41. The molecule has 1 N–H and O–H groups in total. The number of hydrazine groups is 1. The van der Waals surface area contributed by atoms with E-state index in [1.165, 1.54) is 21.2 Å². The molecule has 2 amide bonds. The van der Waals surface area contributed by atoms with Gasteiger partial charge >= 0.3 is 6.03 Å². The molecule has 17 heavy (non-hydrogen) atoms. The van der Waals surface area contributed by atoms with Crippen molar-refractivity contribution in [3.05, 3.63) is 0 Å². The van der Waals surface area contributed by atoms with Crippen molar-refractivity contribution in [2.24, 2.45) is 0 Å². The smallest absolute Gasteiger partial charge is 0.341 e. The number of hydrogen-bond acceptors (Lipinski definition) is 6. The molecule has 0 radical (unpaired) electrons. The fourth-order valence-electron chi connectivity index (χ4n) is 1.32. The first-order chi connectivity index (χ1) is 8.22. The standard InChI is InChI=1S/C9H15N5O2S/c1-3-4-5-16-8-12-11-7(17-8)14-6-10-13(2)9(14)15/h10H,3-6H2,1-2H3. The number of nitrogens with one attached hydrogen (secondary N) is 1. The van der Waals surface area contributed by atoms with Crippen molar-refractivity contribution in [1.82, 2.24) is 20.6 Å². The zero-order valence-corrected chi connectivity index (χ0v) is 10.7. The number of aromatic nitrogens is 2. The van der Waals surface area contributed by atoms with E-state index < -0.39 is 0 Å². The van der Waals surface area contributed by atoms with E-state index in [0.29, 0.717) is 23.6 Å². The molecule has 0 atom stereocenters. The molecule has 94 valence electrons. The Bertz CT molecular complexity index is 396. The van der Waals surface area contributed by atoms with Gasteiger partial charge in [0, 0.05) is 7.05 Å². The molecule has 1 saturated heterocycles. The summed E-state index contributed by atoms with van der Waals surface area (Å²) in [6, 6.07) is -0.138. The predicted octanol–water partition coefficient (Wildman–Crippen LogP) is 1.05. The van der Waals surface area contributed by atoms with Gasteiger partial charge in [0.15, 0.2) is 0 Å². The van der Waals surface area contributed by atoms with E-state index in [1.54, 1.807) is 7.05 Å². The maximum absolute atomic E-state index is 11.7. The molecular weight excluding hydrogens is 242 g/mol. The van der Waals surface area contributed by atoms with Gasteiger partial charge in [0.2, 0.25) is 5.13 Å². The number of anilines is 1. The first-order valence-electron chi connectivity index (χ1n) is 5.47. The number of unbranched alkanes of at least 4 members (excludes halogenated alkanes) is 1. The minimum atomic E-state index is -0.138. The van der Waals surface area contributed by atoms with Crippen LogP contribution in [0.2, 0.25) is 0 Å². The van der Waals surface area contributed by atoms with Crippen LogP contribution in [0.1, 0.15) is 19.8 Å². The highest BCUT2D eigenvalue weighted by Gasteiger charge is 2.29. The molecule has 7 nitrogen and oxygen atoms in total. The summed E-state index contributed by atoms with van der Waals surface area (Å²) in [4.78, 5) is 13.2. The van der Waals surface area contributed by atoms with Crippen LogP contribution in [0.25, 0.3) is 0 Å². The number of hydrogen-bond donors (Lipinski definition) is 1. The zero-order chi connectivity index (χ0) is 12.3. The largest absolute Gasteiger partial charge is 0.469 e. The van der Waals surface area contributed by atoms with Crippen molar-refractivity contribution in [3.8, 4) is 5.19 Å². The van der Waals surface area contributed by atoms with Crippen molar-refractivity contribution in [2.75, 3.05) is 25.2 Å². The van der Waals surface area contributed by atoms with Crippen molar-refractivity contribution in [1.29, 1.82) is 0 Å². The summed E-state index contributed by atoms with van der Waals surface area (Å²) in [6.45, 7) is 3.15. The Balaban J connectivity index is 1.96. The van der Waals surface area contributed by atoms with Crippen LogP contribution in [0.4, 0.5) is 9.93 Å². The molecule has 2 heterocycles. The highest BCUT2D eigenvalue weighted by molar-refractivity contribution is 7.17. The fourth-order valence-corrected chi connectivity index (χ4v) is 2.03. The molecule has 8 heteroatoms. The minimum Gasteiger partial charge on any atom is -0.469 e. The first kappa shape index (κ1) is 12.1. The van der Waals surface area contributed by atoms with Gasteiger partial charge in [-0.3, -0.25) is 9.91 Å². The van der Waals surface area contributed by atoms with E-state index in [-0.39, 0.29) is 6.03 Å². The lowest BCUT2D eigenvalue weighted by Crippen LogP contribution is -2.31. The van der Waals surface area contributed by atoms with Gasteiger partial charge < -0.3 is 4.74 Å². The lowest BCUT2D eigenvalue weighted by atomic mass is 10.4. The quantitative estimate of drug-likeness (QED) is 0.798. The number of carbonyl (C=O) groups is 1. The SMILES string of the molecule is CCCCOc1nnc(N2CNN(C)C2=O)s1. The Labute approximate surface area is 103 Å². The van der Waals surface area contributed by atoms with Crippen LogP contribution >= 0.6 is 11.3 Å². The van der Waals surface area contributed by atoms with Crippen LogP contribution in [-0.2, 0) is 0 Å². The average molecular weight is 257 g/mol. The molecule has 2 rings (SSSR count). The zero-order valence-electron chi connectivity index (χ0n) is 9.84. The van der Waals surface area contributed by atoms with E-state index in [0.717, 1.165) is 12.8 Å². The lowest BCUT2D eigenvalue weighted by Gasteiger charge is -2.08. The van der Waals surface area contributed by atoms with Crippen LogP contribution < -0.4 is 15.1 Å². The van der Waals surface area contributed by atoms with Crippen LogP contribution in [0.5, 0.6) is 5.19 Å². The minimum absolute atomic E-state index is 0.138. The van der Waals surface area contributed by atoms with Crippen molar-refractivity contribution >= 4 is 22.5 Å². The molecular formula is C9H15N5O2S. The number of urea groups is 1. The third kappa shape index (κ3) is 2.64. The van der Waals surface area contributed by atoms with Gasteiger partial charge in [-0.25, -0.2) is 10.2 Å². The Morgan fingerprint density at radius 1 is 1.53 bits per heavy atom. The maximum Gasteiger partial charge on any atom is 0.341 e. The highest BCUT2D eigenvalue weighted by Crippen LogP contribution is 2.27. The Morgan fingerprint density at radius 3 is 3.00 bits per heavy atom. The number of nitrogens with zero attached hydrogens (tertiary/aromatic N) is 4. The molecule has 1 aromatic heterocycles. The molecule has 0 spiro atoms. The van der Waals surface area contributed by atoms with E-state index in [2.05, 4.69) is 22.5 Å². The molecule has 0 bridgehead atoms. The molecule has 1 fully saturated rings. The summed E-state index contributed by atoms with van der Waals surface area (Å²) in [5.74, 6) is 0. The van der Waals surface area contributed by atoms with Crippen LogP contribution in [0.15, 0.2) is 0 Å². The normalized spacial score (nSPS) is 15.8. The summed E-state index contributed by atoms with van der Waals surface area (Å²) >= 11 is 1.28.